The number of nitrogens with zero attached hydrogens (tertiary/aromatic N) is 1. The molecule has 0 fully saturated rings. The van der Waals surface area contributed by atoms with Crippen molar-refractivity contribution in [3.8, 4) is 0 Å². The molecule has 0 bridgehead atoms. The maximum Gasteiger partial charge on any atom is 0.220 e. The lowest BCUT2D eigenvalue weighted by Crippen LogP contribution is -2.27. The molecule has 1 aromatic carbocycles. The van der Waals surface area contributed by atoms with Gasteiger partial charge >= 0.3 is 0 Å². The highest BCUT2D eigenvalue weighted by Gasteiger charge is 2.15. The van der Waals surface area contributed by atoms with Gasteiger partial charge in [0.25, 0.3) is 0 Å². The van der Waals surface area contributed by atoms with Crippen molar-refractivity contribution in [2.75, 3.05) is 0 Å². The van der Waals surface area contributed by atoms with E-state index in [1.807, 2.05) is 31.2 Å². The molecule has 1 aliphatic carbocycles. The number of benzene rings is 1. The Morgan fingerprint density at radius 2 is 1.76 bits per heavy atom. The van der Waals surface area contributed by atoms with Crippen LogP contribution in [0.15, 0.2) is 42.7 Å². The van der Waals surface area contributed by atoms with E-state index in [4.69, 9.17) is 0 Å². The Bertz CT molecular complexity index is 756. The normalized spacial score (nSPS) is 14.4. The third-order valence-corrected chi connectivity index (χ3v) is 4.83. The third kappa shape index (κ3) is 4.53. The van der Waals surface area contributed by atoms with Crippen LogP contribution in [0.5, 0.6) is 0 Å². The van der Waals surface area contributed by atoms with E-state index >= 15 is 0 Å². The molecule has 1 atom stereocenters. The summed E-state index contributed by atoms with van der Waals surface area (Å²) in [5.74, 6) is -0.0595. The number of Topliss-reactive ketones (excluding diaryl/α,β-unsaturated/α-hetero) is 1. The van der Waals surface area contributed by atoms with Gasteiger partial charge in [-0.3, -0.25) is 14.6 Å². The number of aromatic nitrogens is 1. The zero-order valence-corrected chi connectivity index (χ0v) is 14.6. The number of carbonyl (C=O) groups is 2. The quantitative estimate of drug-likeness (QED) is 0.816. The van der Waals surface area contributed by atoms with E-state index in [-0.39, 0.29) is 30.6 Å². The van der Waals surface area contributed by atoms with Crippen LogP contribution >= 0.6 is 0 Å². The predicted molar refractivity (Wildman–Crippen MR) is 97.4 cm³/mol. The number of pyridine rings is 1. The van der Waals surface area contributed by atoms with E-state index in [0.29, 0.717) is 0 Å². The van der Waals surface area contributed by atoms with Crippen LogP contribution in [0.4, 0.5) is 0 Å². The van der Waals surface area contributed by atoms with Crippen LogP contribution in [0.3, 0.4) is 0 Å². The highest BCUT2D eigenvalue weighted by atomic mass is 16.2. The standard InChI is InChI=1S/C21H24N2O2/c1-15(16-10-12-22-13-11-16)23-21(25)9-8-20(24)19-7-6-17-4-2-3-5-18(17)14-19/h6-7,10-15H,2-5,8-9H2,1H3,(H,23,25). The summed E-state index contributed by atoms with van der Waals surface area (Å²) < 4.78 is 0. The van der Waals surface area contributed by atoms with Crippen molar-refractivity contribution >= 4 is 11.7 Å². The fraction of sp³-hybridized carbons (Fsp3) is 0.381. The SMILES string of the molecule is CC(NC(=O)CCC(=O)c1ccc2c(c1)CCCC2)c1ccncc1. The van der Waals surface area contributed by atoms with Crippen LogP contribution in [0.1, 0.15) is 65.7 Å². The van der Waals surface area contributed by atoms with Gasteiger partial charge in [0.15, 0.2) is 5.78 Å². The third-order valence-electron chi connectivity index (χ3n) is 4.83. The lowest BCUT2D eigenvalue weighted by molar-refractivity contribution is -0.121. The van der Waals surface area contributed by atoms with E-state index in [1.54, 1.807) is 12.4 Å². The fourth-order valence-electron chi connectivity index (χ4n) is 3.33. The molecule has 1 aromatic heterocycles. The van der Waals surface area contributed by atoms with Crippen molar-refractivity contribution < 1.29 is 9.59 Å². The molecule has 0 saturated heterocycles. The minimum Gasteiger partial charge on any atom is -0.350 e. The number of amides is 1. The summed E-state index contributed by atoms with van der Waals surface area (Å²) in [6.07, 6.45) is 8.46. The lowest BCUT2D eigenvalue weighted by atomic mass is 9.89. The number of nitrogens with one attached hydrogen (secondary N) is 1. The summed E-state index contributed by atoms with van der Waals surface area (Å²) in [6, 6.07) is 9.67. The minimum atomic E-state index is -0.101. The summed E-state index contributed by atoms with van der Waals surface area (Å²) in [5.41, 5.74) is 4.40. The summed E-state index contributed by atoms with van der Waals surface area (Å²) in [7, 11) is 0. The van der Waals surface area contributed by atoms with Crippen molar-refractivity contribution in [2.45, 2.75) is 51.5 Å². The van der Waals surface area contributed by atoms with Gasteiger partial charge < -0.3 is 5.32 Å². The monoisotopic (exact) mass is 336 g/mol. The zero-order valence-electron chi connectivity index (χ0n) is 14.6. The smallest absolute Gasteiger partial charge is 0.220 e. The molecule has 1 heterocycles. The minimum absolute atomic E-state index is 0.0417. The Morgan fingerprint density at radius 3 is 2.52 bits per heavy atom. The van der Waals surface area contributed by atoms with Crippen molar-refractivity contribution in [1.82, 2.24) is 10.3 Å². The molecular formula is C21H24N2O2. The molecule has 3 rings (SSSR count). The summed E-state index contributed by atoms with van der Waals surface area (Å²) in [5, 5.41) is 2.93. The first-order valence-corrected chi connectivity index (χ1v) is 8.98. The van der Waals surface area contributed by atoms with Crippen LogP contribution in [0, 0.1) is 0 Å². The number of aryl methyl sites for hydroxylation is 2. The Morgan fingerprint density at radius 1 is 1.04 bits per heavy atom. The molecule has 1 aliphatic rings. The van der Waals surface area contributed by atoms with Gasteiger partial charge in [-0.25, -0.2) is 0 Å². The Hall–Kier alpha value is -2.49. The number of hydrogen-bond acceptors (Lipinski definition) is 3. The maximum atomic E-state index is 12.4. The van der Waals surface area contributed by atoms with Gasteiger partial charge in [-0.15, -0.1) is 0 Å². The molecule has 4 heteroatoms. The van der Waals surface area contributed by atoms with Gasteiger partial charge in [0.05, 0.1) is 6.04 Å². The molecule has 0 aliphatic heterocycles. The fourth-order valence-corrected chi connectivity index (χ4v) is 3.33. The van der Waals surface area contributed by atoms with E-state index in [9.17, 15) is 9.59 Å². The van der Waals surface area contributed by atoms with Crippen LogP contribution in [-0.4, -0.2) is 16.7 Å². The average Bonchev–Trinajstić information content (AvgIpc) is 2.66. The first-order valence-electron chi connectivity index (χ1n) is 8.98. The van der Waals surface area contributed by atoms with Gasteiger partial charge in [0, 0.05) is 30.8 Å². The Labute approximate surface area is 148 Å². The molecule has 2 aromatic rings. The average molecular weight is 336 g/mol. The summed E-state index contributed by atoms with van der Waals surface area (Å²) in [6.45, 7) is 1.93. The van der Waals surface area contributed by atoms with Crippen molar-refractivity contribution in [2.24, 2.45) is 0 Å². The lowest BCUT2D eigenvalue weighted by Gasteiger charge is -2.16. The molecule has 4 nitrogen and oxygen atoms in total. The molecular weight excluding hydrogens is 312 g/mol. The molecule has 1 amide bonds. The second kappa shape index (κ2) is 8.06. The van der Waals surface area contributed by atoms with Crippen molar-refractivity contribution in [1.29, 1.82) is 0 Å². The predicted octanol–water partition coefficient (Wildman–Crippen LogP) is 3.80. The summed E-state index contributed by atoms with van der Waals surface area (Å²) in [4.78, 5) is 28.5. The van der Waals surface area contributed by atoms with E-state index in [2.05, 4.69) is 16.4 Å². The molecule has 130 valence electrons. The summed E-state index contributed by atoms with van der Waals surface area (Å²) >= 11 is 0. The molecule has 25 heavy (non-hydrogen) atoms. The van der Waals surface area contributed by atoms with Crippen LogP contribution < -0.4 is 5.32 Å². The second-order valence-corrected chi connectivity index (χ2v) is 6.68. The number of fused-ring (bicyclic) bond motifs is 1. The van der Waals surface area contributed by atoms with E-state index in [0.717, 1.165) is 24.0 Å². The van der Waals surface area contributed by atoms with Crippen LogP contribution in [0.2, 0.25) is 0 Å². The Kier molecular flexibility index (Phi) is 5.59. The van der Waals surface area contributed by atoms with Gasteiger partial charge in [-0.1, -0.05) is 12.1 Å². The van der Waals surface area contributed by atoms with Crippen molar-refractivity contribution in [3.05, 3.63) is 65.0 Å². The Balaban J connectivity index is 1.52. The maximum absolute atomic E-state index is 12.4. The zero-order chi connectivity index (χ0) is 17.6. The second-order valence-electron chi connectivity index (χ2n) is 6.68. The molecule has 0 spiro atoms. The highest BCUT2D eigenvalue weighted by molar-refractivity contribution is 5.98. The largest absolute Gasteiger partial charge is 0.350 e. The molecule has 0 saturated carbocycles. The van der Waals surface area contributed by atoms with Gasteiger partial charge in [-0.2, -0.15) is 0 Å². The van der Waals surface area contributed by atoms with Crippen molar-refractivity contribution in [3.63, 3.8) is 0 Å². The highest BCUT2D eigenvalue weighted by Crippen LogP contribution is 2.23. The van der Waals surface area contributed by atoms with E-state index in [1.165, 1.54) is 24.0 Å². The first-order chi connectivity index (χ1) is 12.1. The number of ketones is 1. The van der Waals surface area contributed by atoms with Gasteiger partial charge in [0.1, 0.15) is 0 Å². The number of carbonyl (C=O) groups excluding carboxylic acids is 2. The number of hydrogen-bond donors (Lipinski definition) is 1. The van der Waals surface area contributed by atoms with Crippen LogP contribution in [-0.2, 0) is 17.6 Å². The molecule has 1 N–H and O–H groups in total. The van der Waals surface area contributed by atoms with Crippen LogP contribution in [0.25, 0.3) is 0 Å². The molecule has 0 radical (unpaired) electrons. The molecule has 1 unspecified atom stereocenters. The van der Waals surface area contributed by atoms with Gasteiger partial charge in [-0.05, 0) is 67.5 Å². The first kappa shape index (κ1) is 17.3. The topological polar surface area (TPSA) is 59.1 Å². The van der Waals surface area contributed by atoms with E-state index < -0.39 is 0 Å². The van der Waals surface area contributed by atoms with Gasteiger partial charge in [0.2, 0.25) is 5.91 Å². The number of rotatable bonds is 6.